The fourth-order valence-electron chi connectivity index (χ4n) is 3.36. The van der Waals surface area contributed by atoms with Gasteiger partial charge in [-0.15, -0.1) is 0 Å². The predicted octanol–water partition coefficient (Wildman–Crippen LogP) is 2.40. The van der Waals surface area contributed by atoms with E-state index in [0.29, 0.717) is 6.04 Å². The van der Waals surface area contributed by atoms with Crippen LogP contribution in [0.3, 0.4) is 0 Å². The molecule has 2 aliphatic heterocycles. The van der Waals surface area contributed by atoms with E-state index in [0.717, 1.165) is 42.4 Å². The summed E-state index contributed by atoms with van der Waals surface area (Å²) >= 11 is 0. The zero-order valence-corrected chi connectivity index (χ0v) is 15.2. The van der Waals surface area contributed by atoms with Gasteiger partial charge < -0.3 is 20.7 Å². The Balaban J connectivity index is 1.47. The highest BCUT2D eigenvalue weighted by Crippen LogP contribution is 2.28. The minimum atomic E-state index is -0.902. The van der Waals surface area contributed by atoms with Crippen LogP contribution < -0.4 is 26.4 Å². The van der Waals surface area contributed by atoms with E-state index < -0.39 is 5.66 Å². The summed E-state index contributed by atoms with van der Waals surface area (Å²) < 4.78 is 5.85. The second-order valence-corrected chi connectivity index (χ2v) is 6.91. The number of nitrogens with two attached hydrogens (primary N) is 1. The molecule has 1 fully saturated rings. The molecule has 2 aliphatic rings. The van der Waals surface area contributed by atoms with Crippen molar-refractivity contribution in [1.29, 1.82) is 0 Å². The predicted molar refractivity (Wildman–Crippen MR) is 108 cm³/mol. The van der Waals surface area contributed by atoms with Gasteiger partial charge in [-0.2, -0.15) is 0 Å². The Labute approximate surface area is 159 Å². The molecule has 6 heteroatoms. The van der Waals surface area contributed by atoms with E-state index >= 15 is 0 Å². The van der Waals surface area contributed by atoms with Crippen molar-refractivity contribution in [3.8, 4) is 11.5 Å². The van der Waals surface area contributed by atoms with Crippen molar-refractivity contribution >= 4 is 6.34 Å². The monoisotopic (exact) mass is 363 g/mol. The zero-order valence-electron chi connectivity index (χ0n) is 15.2. The van der Waals surface area contributed by atoms with Crippen LogP contribution in [-0.4, -0.2) is 25.5 Å². The third-order valence-corrected chi connectivity index (χ3v) is 4.81. The second-order valence-electron chi connectivity index (χ2n) is 6.91. The van der Waals surface area contributed by atoms with Gasteiger partial charge in [0.05, 0.1) is 6.34 Å². The first-order valence-corrected chi connectivity index (χ1v) is 9.34. The van der Waals surface area contributed by atoms with Crippen molar-refractivity contribution in [1.82, 2.24) is 16.0 Å². The molecule has 4 rings (SSSR count). The average molecular weight is 363 g/mol. The summed E-state index contributed by atoms with van der Waals surface area (Å²) in [6, 6.07) is 17.9. The molecule has 2 atom stereocenters. The van der Waals surface area contributed by atoms with Crippen molar-refractivity contribution in [2.75, 3.05) is 13.1 Å². The van der Waals surface area contributed by atoms with Gasteiger partial charge in [-0.1, -0.05) is 30.3 Å². The van der Waals surface area contributed by atoms with Crippen molar-refractivity contribution in [3.63, 3.8) is 0 Å². The molecule has 27 heavy (non-hydrogen) atoms. The van der Waals surface area contributed by atoms with Gasteiger partial charge in [0.1, 0.15) is 17.3 Å². The molecule has 5 N–H and O–H groups in total. The third-order valence-electron chi connectivity index (χ3n) is 4.81. The molecule has 2 unspecified atom stereocenters. The van der Waals surface area contributed by atoms with E-state index in [1.165, 1.54) is 6.42 Å². The van der Waals surface area contributed by atoms with E-state index in [9.17, 15) is 0 Å². The molecule has 2 aromatic carbocycles. The lowest BCUT2D eigenvalue weighted by atomic mass is 9.99. The molecular weight excluding hydrogens is 338 g/mol. The molecule has 0 saturated carbocycles. The molecule has 1 saturated heterocycles. The Kier molecular flexibility index (Phi) is 5.09. The number of rotatable bonds is 5. The molecule has 2 aromatic rings. The number of nitrogens with zero attached hydrogens (tertiary/aromatic N) is 1. The van der Waals surface area contributed by atoms with Crippen molar-refractivity contribution in [2.45, 2.75) is 24.5 Å². The summed E-state index contributed by atoms with van der Waals surface area (Å²) in [5, 5.41) is 10.1. The minimum Gasteiger partial charge on any atom is -0.457 e. The summed E-state index contributed by atoms with van der Waals surface area (Å²) in [4.78, 5) is 4.46. The maximum Gasteiger partial charge on any atom is 0.158 e. The topological polar surface area (TPSA) is 83.7 Å². The van der Waals surface area contributed by atoms with Gasteiger partial charge in [-0.05, 0) is 49.2 Å². The van der Waals surface area contributed by atoms with Gasteiger partial charge in [0.25, 0.3) is 0 Å². The third kappa shape index (κ3) is 4.30. The van der Waals surface area contributed by atoms with Gasteiger partial charge in [0.2, 0.25) is 0 Å². The maximum atomic E-state index is 6.57. The van der Waals surface area contributed by atoms with Gasteiger partial charge in [0, 0.05) is 18.7 Å². The molecule has 0 aromatic heterocycles. The molecule has 0 spiro atoms. The van der Waals surface area contributed by atoms with Crippen molar-refractivity contribution in [3.05, 3.63) is 72.1 Å². The Morgan fingerprint density at radius 3 is 2.59 bits per heavy atom. The van der Waals surface area contributed by atoms with E-state index in [1.807, 2.05) is 60.7 Å². The van der Waals surface area contributed by atoms with Gasteiger partial charge in [0.15, 0.2) is 5.66 Å². The van der Waals surface area contributed by atoms with Crippen LogP contribution in [0.4, 0.5) is 0 Å². The lowest BCUT2D eigenvalue weighted by Gasteiger charge is -2.31. The summed E-state index contributed by atoms with van der Waals surface area (Å²) in [7, 11) is 0. The Morgan fingerprint density at radius 2 is 1.85 bits per heavy atom. The quantitative estimate of drug-likeness (QED) is 0.656. The Hall–Kier alpha value is -2.83. The molecular formula is C21H25N5O. The van der Waals surface area contributed by atoms with E-state index in [4.69, 9.17) is 10.5 Å². The van der Waals surface area contributed by atoms with E-state index in [-0.39, 0.29) is 0 Å². The van der Waals surface area contributed by atoms with Crippen LogP contribution in [0.1, 0.15) is 18.4 Å². The number of piperidine rings is 1. The van der Waals surface area contributed by atoms with Crippen LogP contribution in [0.25, 0.3) is 0 Å². The number of nitrogens with one attached hydrogen (secondary N) is 3. The first kappa shape index (κ1) is 17.6. The summed E-state index contributed by atoms with van der Waals surface area (Å²) in [5.41, 5.74) is 6.57. The van der Waals surface area contributed by atoms with Crippen LogP contribution in [-0.2, 0) is 5.66 Å². The second kappa shape index (κ2) is 7.82. The number of hydrogen-bond donors (Lipinski definition) is 4. The highest BCUT2D eigenvalue weighted by Gasteiger charge is 2.27. The highest BCUT2D eigenvalue weighted by molar-refractivity contribution is 5.61. The number of benzene rings is 2. The van der Waals surface area contributed by atoms with Crippen molar-refractivity contribution < 1.29 is 4.74 Å². The molecule has 6 nitrogen and oxygen atoms in total. The van der Waals surface area contributed by atoms with Crippen LogP contribution in [0, 0.1) is 0 Å². The summed E-state index contributed by atoms with van der Waals surface area (Å²) in [6.07, 6.45) is 5.92. The molecule has 0 aliphatic carbocycles. The highest BCUT2D eigenvalue weighted by atomic mass is 16.5. The molecule has 0 radical (unpaired) electrons. The minimum absolute atomic E-state index is 0.398. The molecule has 0 amide bonds. The Morgan fingerprint density at radius 1 is 1.07 bits per heavy atom. The zero-order chi connectivity index (χ0) is 18.5. The molecule has 2 heterocycles. The number of aliphatic imine (C=N–C) groups is 1. The Bertz CT molecular complexity index is 812. The SMILES string of the molecule is NC1(c2ccc(Oc3ccccc3)cc2)C=C(NC2CCCNC2)NC=N1. The normalized spacial score (nSPS) is 24.6. The average Bonchev–Trinajstić information content (AvgIpc) is 2.70. The van der Waals surface area contributed by atoms with Gasteiger partial charge in [-0.3, -0.25) is 5.73 Å². The van der Waals surface area contributed by atoms with Crippen LogP contribution in [0.5, 0.6) is 11.5 Å². The fourth-order valence-corrected chi connectivity index (χ4v) is 3.36. The van der Waals surface area contributed by atoms with Crippen molar-refractivity contribution in [2.24, 2.45) is 10.7 Å². The first-order valence-electron chi connectivity index (χ1n) is 9.34. The summed E-state index contributed by atoms with van der Waals surface area (Å²) in [5.74, 6) is 2.47. The maximum absolute atomic E-state index is 6.57. The number of ether oxygens (including phenoxy) is 1. The van der Waals surface area contributed by atoms with Crippen LogP contribution in [0.15, 0.2) is 71.5 Å². The first-order chi connectivity index (χ1) is 13.2. The lowest BCUT2D eigenvalue weighted by Crippen LogP contribution is -2.47. The van der Waals surface area contributed by atoms with Gasteiger partial charge >= 0.3 is 0 Å². The number of para-hydroxylation sites is 1. The van der Waals surface area contributed by atoms with Crippen LogP contribution >= 0.6 is 0 Å². The largest absolute Gasteiger partial charge is 0.457 e. The lowest BCUT2D eigenvalue weighted by molar-refractivity contribution is 0.405. The van der Waals surface area contributed by atoms with E-state index in [1.54, 1.807) is 6.34 Å². The van der Waals surface area contributed by atoms with Crippen LogP contribution in [0.2, 0.25) is 0 Å². The standard InChI is InChI=1S/C21H25N5O/c22-21(13-20(24-15-25-21)26-17-5-4-12-23-14-17)16-8-10-19(11-9-16)27-18-6-2-1-3-7-18/h1-3,6-11,13,15,17,23,26H,4-5,12,14,22H2,(H,24,25). The fraction of sp³-hybridized carbons (Fsp3) is 0.286. The smallest absolute Gasteiger partial charge is 0.158 e. The van der Waals surface area contributed by atoms with E-state index in [2.05, 4.69) is 20.9 Å². The molecule has 140 valence electrons. The number of hydrogen-bond acceptors (Lipinski definition) is 6. The summed E-state index contributed by atoms with van der Waals surface area (Å²) in [6.45, 7) is 2.05. The molecule has 0 bridgehead atoms. The van der Waals surface area contributed by atoms with Gasteiger partial charge in [-0.25, -0.2) is 4.99 Å².